The molecule has 0 unspecified atom stereocenters. The zero-order valence-corrected chi connectivity index (χ0v) is 9.81. The summed E-state index contributed by atoms with van der Waals surface area (Å²) >= 11 is 0. The second-order valence-corrected chi connectivity index (χ2v) is 4.00. The molecule has 2 aromatic rings. The summed E-state index contributed by atoms with van der Waals surface area (Å²) in [5.74, 6) is 0. The van der Waals surface area contributed by atoms with Crippen LogP contribution >= 0.6 is 0 Å². The Morgan fingerprint density at radius 2 is 1.65 bits per heavy atom. The number of fused-ring (bicyclic) bond motifs is 1. The smallest absolute Gasteiger partial charge is 0.242 e. The van der Waals surface area contributed by atoms with Gasteiger partial charge < -0.3 is 0 Å². The Bertz CT molecular complexity index is 669. The van der Waals surface area contributed by atoms with Gasteiger partial charge in [-0.1, -0.05) is 24.8 Å². The predicted molar refractivity (Wildman–Crippen MR) is 61.8 cm³/mol. The maximum atomic E-state index is 12.8. The van der Waals surface area contributed by atoms with Crippen LogP contribution in [0.4, 0.5) is 26.3 Å². The Kier molecular flexibility index (Phi) is 3.23. The number of hydrogen-bond donors (Lipinski definition) is 0. The minimum absolute atomic E-state index is 0.0253. The molecule has 0 atom stereocenters. The summed E-state index contributed by atoms with van der Waals surface area (Å²) < 4.78 is 76.8. The van der Waals surface area contributed by atoms with E-state index in [1.807, 2.05) is 0 Å². The molecule has 7 heteroatoms. The van der Waals surface area contributed by atoms with Crippen molar-refractivity contribution in [1.82, 2.24) is 4.98 Å². The molecule has 0 bridgehead atoms. The number of benzene rings is 1. The van der Waals surface area contributed by atoms with Crippen LogP contribution in [0.5, 0.6) is 0 Å². The van der Waals surface area contributed by atoms with Crippen molar-refractivity contribution in [1.29, 1.82) is 0 Å². The lowest BCUT2D eigenvalue weighted by atomic mass is 10.0. The van der Waals surface area contributed by atoms with Gasteiger partial charge in [-0.3, -0.25) is 0 Å². The van der Waals surface area contributed by atoms with E-state index >= 15 is 0 Å². The number of pyridine rings is 1. The summed E-state index contributed by atoms with van der Waals surface area (Å²) in [6, 6.07) is 4.08. The van der Waals surface area contributed by atoms with Crippen molar-refractivity contribution in [2.24, 2.45) is 0 Å². The molecular weight excluding hydrogens is 284 g/mol. The average Bonchev–Trinajstić information content (AvgIpc) is 2.34. The third-order valence-corrected chi connectivity index (χ3v) is 2.67. The molecular formula is C13H7F6N. The van der Waals surface area contributed by atoms with E-state index in [1.54, 1.807) is 0 Å². The molecule has 1 aromatic carbocycles. The summed E-state index contributed by atoms with van der Waals surface area (Å²) in [6.45, 7) is 3.22. The first-order valence-electron chi connectivity index (χ1n) is 5.35. The Balaban J connectivity index is 2.87. The van der Waals surface area contributed by atoms with Crippen LogP contribution in [0, 0.1) is 0 Å². The largest absolute Gasteiger partial charge is 0.433 e. The number of alkyl halides is 6. The number of aromatic nitrogens is 1. The van der Waals surface area contributed by atoms with Gasteiger partial charge in [0.15, 0.2) is 5.69 Å². The van der Waals surface area contributed by atoms with Gasteiger partial charge in [0.05, 0.1) is 11.1 Å². The van der Waals surface area contributed by atoms with Crippen LogP contribution in [0.15, 0.2) is 30.8 Å². The maximum Gasteiger partial charge on any atom is 0.433 e. The van der Waals surface area contributed by atoms with Crippen molar-refractivity contribution < 1.29 is 26.3 Å². The Morgan fingerprint density at radius 1 is 1.00 bits per heavy atom. The van der Waals surface area contributed by atoms with Gasteiger partial charge in [-0.05, 0) is 12.1 Å². The Morgan fingerprint density at radius 3 is 2.15 bits per heavy atom. The number of hydrogen-bond acceptors (Lipinski definition) is 1. The van der Waals surface area contributed by atoms with Crippen molar-refractivity contribution in [2.45, 2.75) is 12.4 Å². The van der Waals surface area contributed by atoms with Crippen molar-refractivity contribution in [3.8, 4) is 0 Å². The lowest BCUT2D eigenvalue weighted by Gasteiger charge is -2.14. The summed E-state index contributed by atoms with van der Waals surface area (Å²) in [5, 5.41) is -0.0253. The molecule has 0 aliphatic heterocycles. The summed E-state index contributed by atoms with van der Waals surface area (Å²) in [6.07, 6.45) is -8.71. The molecule has 0 amide bonds. The van der Waals surface area contributed by atoms with Crippen LogP contribution in [0.1, 0.15) is 16.8 Å². The van der Waals surface area contributed by atoms with Gasteiger partial charge in [-0.15, -0.1) is 0 Å². The molecule has 0 aliphatic rings. The summed E-state index contributed by atoms with van der Waals surface area (Å²) in [4.78, 5) is 3.17. The van der Waals surface area contributed by atoms with E-state index in [0.717, 1.165) is 18.2 Å². The fourth-order valence-electron chi connectivity index (χ4n) is 1.83. The normalized spacial score (nSPS) is 12.7. The first-order valence-corrected chi connectivity index (χ1v) is 5.35. The molecule has 0 radical (unpaired) electrons. The monoisotopic (exact) mass is 291 g/mol. The molecule has 0 saturated carbocycles. The van der Waals surface area contributed by atoms with Crippen molar-refractivity contribution in [2.75, 3.05) is 0 Å². The predicted octanol–water partition coefficient (Wildman–Crippen LogP) is 4.92. The molecule has 1 aromatic heterocycles. The molecule has 0 fully saturated rings. The molecule has 0 aliphatic carbocycles. The van der Waals surface area contributed by atoms with Crippen LogP contribution in [0.3, 0.4) is 0 Å². The van der Waals surface area contributed by atoms with E-state index < -0.39 is 29.1 Å². The Labute approximate surface area is 109 Å². The highest BCUT2D eigenvalue weighted by Crippen LogP contribution is 2.37. The van der Waals surface area contributed by atoms with Crippen LogP contribution in [0.2, 0.25) is 0 Å². The molecule has 106 valence electrons. The highest BCUT2D eigenvalue weighted by molar-refractivity contribution is 5.85. The van der Waals surface area contributed by atoms with E-state index in [9.17, 15) is 26.3 Å². The standard InChI is InChI=1S/C13H7F6N/c1-2-7-6-8-4-3-5-9(12(14,15)16)10(8)20-11(7)13(17,18)19/h2-6H,1H2. The van der Waals surface area contributed by atoms with Gasteiger partial charge in [0.2, 0.25) is 0 Å². The maximum absolute atomic E-state index is 12.8. The first kappa shape index (κ1) is 14.4. The SMILES string of the molecule is C=Cc1cc2cccc(C(F)(F)F)c2nc1C(F)(F)F. The summed E-state index contributed by atoms with van der Waals surface area (Å²) in [7, 11) is 0. The van der Waals surface area contributed by atoms with Gasteiger partial charge in [0, 0.05) is 10.9 Å². The quantitative estimate of drug-likeness (QED) is 0.680. The molecule has 0 spiro atoms. The minimum Gasteiger partial charge on any atom is -0.242 e. The topological polar surface area (TPSA) is 12.9 Å². The molecule has 20 heavy (non-hydrogen) atoms. The highest BCUT2D eigenvalue weighted by Gasteiger charge is 2.38. The van der Waals surface area contributed by atoms with Crippen molar-refractivity contribution in [3.63, 3.8) is 0 Å². The summed E-state index contributed by atoms with van der Waals surface area (Å²) in [5.41, 5.74) is -3.66. The molecule has 2 rings (SSSR count). The zero-order chi connectivity index (χ0) is 15.1. The van der Waals surface area contributed by atoms with Crippen LogP contribution in [-0.2, 0) is 12.4 Å². The number of halogens is 6. The van der Waals surface area contributed by atoms with Crippen LogP contribution in [0.25, 0.3) is 17.0 Å². The van der Waals surface area contributed by atoms with Gasteiger partial charge in [-0.25, -0.2) is 4.98 Å². The molecule has 0 N–H and O–H groups in total. The lowest BCUT2D eigenvalue weighted by Crippen LogP contribution is -2.13. The third kappa shape index (κ3) is 2.48. The van der Waals surface area contributed by atoms with Gasteiger partial charge in [-0.2, -0.15) is 26.3 Å². The van der Waals surface area contributed by atoms with Gasteiger partial charge >= 0.3 is 12.4 Å². The van der Waals surface area contributed by atoms with Crippen LogP contribution in [-0.4, -0.2) is 4.98 Å². The van der Waals surface area contributed by atoms with Crippen molar-refractivity contribution >= 4 is 17.0 Å². The van der Waals surface area contributed by atoms with Gasteiger partial charge in [0.1, 0.15) is 0 Å². The van der Waals surface area contributed by atoms with E-state index in [0.29, 0.717) is 6.07 Å². The van der Waals surface area contributed by atoms with Crippen molar-refractivity contribution in [3.05, 3.63) is 47.7 Å². The second kappa shape index (κ2) is 4.50. The average molecular weight is 291 g/mol. The lowest BCUT2D eigenvalue weighted by molar-refractivity contribution is -0.142. The van der Waals surface area contributed by atoms with E-state index in [-0.39, 0.29) is 10.9 Å². The zero-order valence-electron chi connectivity index (χ0n) is 9.81. The second-order valence-electron chi connectivity index (χ2n) is 4.00. The highest BCUT2D eigenvalue weighted by atomic mass is 19.4. The molecule has 1 nitrogen and oxygen atoms in total. The van der Waals surface area contributed by atoms with Crippen LogP contribution < -0.4 is 0 Å². The molecule has 0 saturated heterocycles. The first-order chi connectivity index (χ1) is 9.14. The van der Waals surface area contributed by atoms with E-state index in [1.165, 1.54) is 6.07 Å². The van der Waals surface area contributed by atoms with Gasteiger partial charge in [0.25, 0.3) is 0 Å². The minimum atomic E-state index is -4.85. The Hall–Kier alpha value is -2.05. The fourth-order valence-corrected chi connectivity index (χ4v) is 1.83. The third-order valence-electron chi connectivity index (χ3n) is 2.67. The number of nitrogens with zero attached hydrogens (tertiary/aromatic N) is 1. The number of rotatable bonds is 1. The molecule has 1 heterocycles. The van der Waals surface area contributed by atoms with E-state index in [2.05, 4.69) is 11.6 Å². The fraction of sp³-hybridized carbons (Fsp3) is 0.154. The number of para-hydroxylation sites is 1. The van der Waals surface area contributed by atoms with E-state index in [4.69, 9.17) is 0 Å².